The maximum absolute atomic E-state index is 12.1. The van der Waals surface area contributed by atoms with Crippen LogP contribution in [-0.4, -0.2) is 76.7 Å². The van der Waals surface area contributed by atoms with Crippen molar-refractivity contribution in [1.29, 1.82) is 0 Å². The third-order valence-corrected chi connectivity index (χ3v) is 4.61. The van der Waals surface area contributed by atoms with Crippen molar-refractivity contribution in [2.24, 2.45) is 4.99 Å². The fourth-order valence-electron chi connectivity index (χ4n) is 2.90. The predicted molar refractivity (Wildman–Crippen MR) is 136 cm³/mol. The van der Waals surface area contributed by atoms with Crippen LogP contribution < -0.4 is 14.8 Å². The molecule has 2 aromatic carbocycles. The van der Waals surface area contributed by atoms with E-state index in [0.29, 0.717) is 18.7 Å². The summed E-state index contributed by atoms with van der Waals surface area (Å²) in [7, 11) is 8.90. The zero-order valence-corrected chi connectivity index (χ0v) is 21.3. The zero-order valence-electron chi connectivity index (χ0n) is 18.9. The van der Waals surface area contributed by atoms with Crippen molar-refractivity contribution in [3.05, 3.63) is 59.7 Å². The van der Waals surface area contributed by atoms with Crippen LogP contribution in [0.4, 0.5) is 0 Å². The van der Waals surface area contributed by atoms with E-state index < -0.39 is 0 Å². The Balaban J connectivity index is 0.00000480. The minimum Gasteiger partial charge on any atom is -0.497 e. The Morgan fingerprint density at radius 1 is 1.06 bits per heavy atom. The molecule has 0 spiro atoms. The monoisotopic (exact) mass is 540 g/mol. The maximum atomic E-state index is 12.1. The summed E-state index contributed by atoms with van der Waals surface area (Å²) in [6, 6.07) is 15.3. The van der Waals surface area contributed by atoms with Crippen LogP contribution in [0.2, 0.25) is 0 Å². The molecule has 0 aliphatic rings. The van der Waals surface area contributed by atoms with Crippen molar-refractivity contribution >= 4 is 35.8 Å². The molecular weight excluding hydrogens is 507 g/mol. The number of benzene rings is 2. The lowest BCUT2D eigenvalue weighted by Crippen LogP contribution is -2.41. The van der Waals surface area contributed by atoms with Crippen LogP contribution in [0.5, 0.6) is 11.5 Å². The Kier molecular flexibility index (Phi) is 11.8. The van der Waals surface area contributed by atoms with Gasteiger partial charge in [-0.3, -0.25) is 9.79 Å². The number of aliphatic imine (C=N–C) groups is 1. The van der Waals surface area contributed by atoms with E-state index in [4.69, 9.17) is 9.47 Å². The lowest BCUT2D eigenvalue weighted by molar-refractivity contribution is 0.0827. The van der Waals surface area contributed by atoms with Crippen molar-refractivity contribution in [2.75, 3.05) is 55.0 Å². The first-order valence-corrected chi connectivity index (χ1v) is 9.94. The highest BCUT2D eigenvalue weighted by Gasteiger charge is 2.09. The van der Waals surface area contributed by atoms with Crippen molar-refractivity contribution in [2.45, 2.75) is 6.42 Å². The minimum atomic E-state index is 0. The number of hydrogen-bond donors (Lipinski definition) is 1. The topological polar surface area (TPSA) is 66.4 Å². The summed E-state index contributed by atoms with van der Waals surface area (Å²) in [5, 5.41) is 3.36. The summed E-state index contributed by atoms with van der Waals surface area (Å²) >= 11 is 0. The Hall–Kier alpha value is -2.49. The molecule has 2 aromatic rings. The molecule has 31 heavy (non-hydrogen) atoms. The number of methoxy groups -OCH3 is 1. The van der Waals surface area contributed by atoms with Crippen LogP contribution in [0.1, 0.15) is 15.9 Å². The summed E-state index contributed by atoms with van der Waals surface area (Å²) < 4.78 is 10.9. The molecule has 0 saturated carbocycles. The third kappa shape index (κ3) is 8.64. The van der Waals surface area contributed by atoms with Crippen LogP contribution in [-0.2, 0) is 6.42 Å². The van der Waals surface area contributed by atoms with E-state index in [1.54, 1.807) is 33.2 Å². The van der Waals surface area contributed by atoms with E-state index in [-0.39, 0.29) is 29.9 Å². The molecule has 0 aliphatic heterocycles. The molecule has 1 N–H and O–H groups in total. The van der Waals surface area contributed by atoms with Gasteiger partial charge in [0.25, 0.3) is 5.91 Å². The van der Waals surface area contributed by atoms with Crippen molar-refractivity contribution in [3.8, 4) is 11.5 Å². The molecule has 0 bridgehead atoms. The highest BCUT2D eigenvalue weighted by molar-refractivity contribution is 14.0. The van der Waals surface area contributed by atoms with E-state index in [1.165, 1.54) is 0 Å². The zero-order chi connectivity index (χ0) is 21.9. The number of carbonyl (C=O) groups excluding carboxylic acids is 1. The van der Waals surface area contributed by atoms with Crippen molar-refractivity contribution in [1.82, 2.24) is 15.1 Å². The number of rotatable bonds is 9. The fraction of sp³-hybridized carbons (Fsp3) is 0.391. The average Bonchev–Trinajstić information content (AvgIpc) is 2.76. The number of amides is 1. The van der Waals surface area contributed by atoms with Crippen LogP contribution in [0.15, 0.2) is 53.5 Å². The number of guanidine groups is 1. The van der Waals surface area contributed by atoms with Crippen LogP contribution in [0, 0.1) is 0 Å². The van der Waals surface area contributed by atoms with Gasteiger partial charge in [-0.1, -0.05) is 12.1 Å². The second-order valence-corrected chi connectivity index (χ2v) is 7.07. The molecule has 170 valence electrons. The molecular formula is C23H33IN4O3. The van der Waals surface area contributed by atoms with E-state index in [0.717, 1.165) is 36.0 Å². The second-order valence-electron chi connectivity index (χ2n) is 7.07. The Morgan fingerprint density at radius 3 is 2.35 bits per heavy atom. The number of ether oxygens (including phenoxy) is 2. The van der Waals surface area contributed by atoms with E-state index in [9.17, 15) is 4.79 Å². The summed E-state index contributed by atoms with van der Waals surface area (Å²) in [6.07, 6.45) is 0.795. The number of carbonyl (C=O) groups is 1. The van der Waals surface area contributed by atoms with Crippen LogP contribution >= 0.6 is 24.0 Å². The average molecular weight is 540 g/mol. The largest absolute Gasteiger partial charge is 0.497 e. The molecule has 0 atom stereocenters. The van der Waals surface area contributed by atoms with Gasteiger partial charge < -0.3 is 24.6 Å². The summed E-state index contributed by atoms with van der Waals surface area (Å²) in [5.41, 5.74) is 1.81. The quantitative estimate of drug-likeness (QED) is 0.301. The predicted octanol–water partition coefficient (Wildman–Crippen LogP) is 3.14. The molecule has 0 aliphatic carbocycles. The lowest BCUT2D eigenvalue weighted by atomic mass is 10.1. The number of hydrogen-bond acceptors (Lipinski definition) is 4. The lowest BCUT2D eigenvalue weighted by Gasteiger charge is -2.22. The molecule has 0 heterocycles. The van der Waals surface area contributed by atoms with Gasteiger partial charge in [-0.15, -0.1) is 24.0 Å². The minimum absolute atomic E-state index is 0. The molecule has 8 heteroatoms. The normalized spacial score (nSPS) is 10.7. The van der Waals surface area contributed by atoms with Gasteiger partial charge in [0.05, 0.1) is 13.7 Å². The number of nitrogens with zero attached hydrogens (tertiary/aromatic N) is 3. The van der Waals surface area contributed by atoms with Gasteiger partial charge in [-0.2, -0.15) is 0 Å². The van der Waals surface area contributed by atoms with Crippen molar-refractivity contribution < 1.29 is 14.3 Å². The highest BCUT2D eigenvalue weighted by Crippen LogP contribution is 2.16. The Morgan fingerprint density at radius 2 is 1.74 bits per heavy atom. The third-order valence-electron chi connectivity index (χ3n) is 4.61. The van der Waals surface area contributed by atoms with Gasteiger partial charge in [-0.05, 0) is 48.4 Å². The Bertz CT molecular complexity index is 841. The Labute approximate surface area is 202 Å². The highest BCUT2D eigenvalue weighted by atomic mass is 127. The summed E-state index contributed by atoms with van der Waals surface area (Å²) in [5.74, 6) is 2.42. The summed E-state index contributed by atoms with van der Waals surface area (Å²) in [4.78, 5) is 20.1. The van der Waals surface area contributed by atoms with Gasteiger partial charge in [0.15, 0.2) is 5.96 Å². The molecule has 0 radical (unpaired) electrons. The van der Waals surface area contributed by atoms with Gasteiger partial charge in [0.1, 0.15) is 18.1 Å². The molecule has 2 rings (SSSR count). The van der Waals surface area contributed by atoms with E-state index >= 15 is 0 Å². The van der Waals surface area contributed by atoms with E-state index in [2.05, 4.69) is 10.3 Å². The second kappa shape index (κ2) is 13.7. The molecule has 7 nitrogen and oxygen atoms in total. The first kappa shape index (κ1) is 26.5. The molecule has 0 saturated heterocycles. The van der Waals surface area contributed by atoms with Gasteiger partial charge in [0.2, 0.25) is 0 Å². The van der Waals surface area contributed by atoms with Crippen molar-refractivity contribution in [3.63, 3.8) is 0 Å². The SMILES string of the molecule is CN=C(NCCc1cccc(C(=O)N(C)C)c1)N(C)CCOc1ccc(OC)cc1.I. The molecule has 0 fully saturated rings. The molecule has 0 unspecified atom stereocenters. The maximum Gasteiger partial charge on any atom is 0.253 e. The number of halogens is 1. The number of likely N-dealkylation sites (N-methyl/N-ethyl adjacent to an activating group) is 1. The van der Waals surface area contributed by atoms with Gasteiger partial charge in [-0.25, -0.2) is 0 Å². The van der Waals surface area contributed by atoms with E-state index in [1.807, 2.05) is 60.5 Å². The summed E-state index contributed by atoms with van der Waals surface area (Å²) in [6.45, 7) is 1.95. The van der Waals surface area contributed by atoms with Crippen LogP contribution in [0.3, 0.4) is 0 Å². The smallest absolute Gasteiger partial charge is 0.253 e. The number of nitrogens with one attached hydrogen (secondary N) is 1. The molecule has 0 aromatic heterocycles. The first-order chi connectivity index (χ1) is 14.4. The first-order valence-electron chi connectivity index (χ1n) is 9.94. The van der Waals surface area contributed by atoms with Gasteiger partial charge in [0, 0.05) is 40.3 Å². The fourth-order valence-corrected chi connectivity index (χ4v) is 2.90. The van der Waals surface area contributed by atoms with Gasteiger partial charge >= 0.3 is 0 Å². The standard InChI is InChI=1S/C23H32N4O3.HI/c1-24-23(27(4)15-16-30-21-11-9-20(29-5)10-12-21)25-14-13-18-7-6-8-19(17-18)22(28)26(2)3;/h6-12,17H,13-16H2,1-5H3,(H,24,25);1H. The van der Waals surface area contributed by atoms with Crippen LogP contribution in [0.25, 0.3) is 0 Å². The molecule has 1 amide bonds.